The monoisotopic (exact) mass is 525 g/mol. The summed E-state index contributed by atoms with van der Waals surface area (Å²) in [5.41, 5.74) is 0.413. The molecular weight excluding hydrogens is 497 g/mol. The molecule has 11 heteroatoms. The van der Waals surface area contributed by atoms with E-state index in [1.807, 2.05) is 13.8 Å². The third-order valence-electron chi connectivity index (χ3n) is 4.48. The predicted molar refractivity (Wildman–Crippen MR) is 135 cm³/mol. The number of amides is 1. The Labute approximate surface area is 215 Å². The van der Waals surface area contributed by atoms with Gasteiger partial charge < -0.3 is 18.9 Å². The Kier molecular flexibility index (Phi) is 11.1. The van der Waals surface area contributed by atoms with Crippen molar-refractivity contribution in [2.24, 2.45) is 10.2 Å². The fraction of sp³-hybridized carbons (Fsp3) is 0.417. The zero-order valence-corrected chi connectivity index (χ0v) is 21.9. The largest absolute Gasteiger partial charge is 0.490 e. The second kappa shape index (κ2) is 13.7. The van der Waals surface area contributed by atoms with E-state index in [2.05, 4.69) is 10.2 Å². The maximum atomic E-state index is 13.2. The molecule has 0 aliphatic heterocycles. The van der Waals surface area contributed by atoms with E-state index in [9.17, 15) is 9.59 Å². The van der Waals surface area contributed by atoms with Gasteiger partial charge in [-0.3, -0.25) is 9.59 Å². The highest BCUT2D eigenvalue weighted by Crippen LogP contribution is 2.42. The van der Waals surface area contributed by atoms with Crippen LogP contribution in [0, 0.1) is 0 Å². The van der Waals surface area contributed by atoms with Crippen molar-refractivity contribution in [1.82, 2.24) is 0 Å². The van der Waals surface area contributed by atoms with Crippen LogP contribution >= 0.6 is 23.4 Å². The molecule has 0 N–H and O–H groups in total. The van der Waals surface area contributed by atoms with Gasteiger partial charge in [-0.1, -0.05) is 17.7 Å². The number of rotatable bonds is 13. The molecule has 2 aromatic carbocycles. The van der Waals surface area contributed by atoms with Crippen LogP contribution in [0.4, 0.5) is 11.4 Å². The summed E-state index contributed by atoms with van der Waals surface area (Å²) in [6.45, 7) is 9.92. The summed E-state index contributed by atoms with van der Waals surface area (Å²) in [4.78, 5) is 25.5. The number of carbonyl (C=O) groups is 2. The molecule has 0 saturated heterocycles. The van der Waals surface area contributed by atoms with Gasteiger partial charge in [0.05, 0.1) is 26.4 Å². The number of azo groups is 1. The number of halogens is 2. The van der Waals surface area contributed by atoms with Crippen molar-refractivity contribution in [1.29, 1.82) is 0 Å². The SMILES string of the molecule is CCOc1cccc(N(Cl)C(=O)C(N=Nc2ccc(OCC)c(OCC)c2Cl)C(C)=O)c1OCC. The van der Waals surface area contributed by atoms with Crippen molar-refractivity contribution in [3.8, 4) is 23.0 Å². The van der Waals surface area contributed by atoms with Gasteiger partial charge in [0.2, 0.25) is 6.04 Å². The molecule has 0 bridgehead atoms. The number of carbonyl (C=O) groups excluding carboxylic acids is 2. The first-order valence-corrected chi connectivity index (χ1v) is 11.9. The summed E-state index contributed by atoms with van der Waals surface area (Å²) in [7, 11) is 0. The predicted octanol–water partition coefficient (Wildman–Crippen LogP) is 6.16. The van der Waals surface area contributed by atoms with E-state index in [0.717, 1.165) is 4.42 Å². The van der Waals surface area contributed by atoms with E-state index in [1.165, 1.54) is 6.92 Å². The van der Waals surface area contributed by atoms with Crippen molar-refractivity contribution < 1.29 is 28.5 Å². The van der Waals surface area contributed by atoms with Gasteiger partial charge >= 0.3 is 0 Å². The van der Waals surface area contributed by atoms with E-state index in [-0.39, 0.29) is 22.1 Å². The lowest BCUT2D eigenvalue weighted by molar-refractivity contribution is -0.126. The van der Waals surface area contributed by atoms with Crippen molar-refractivity contribution in [2.75, 3.05) is 30.8 Å². The van der Waals surface area contributed by atoms with Crippen LogP contribution in [0.1, 0.15) is 34.6 Å². The first-order chi connectivity index (χ1) is 16.8. The van der Waals surface area contributed by atoms with Crippen LogP contribution in [0.2, 0.25) is 5.02 Å². The number of hydrogen-bond acceptors (Lipinski definition) is 8. The first-order valence-electron chi connectivity index (χ1n) is 11.2. The van der Waals surface area contributed by atoms with Crippen LogP contribution in [-0.4, -0.2) is 44.2 Å². The summed E-state index contributed by atoms with van der Waals surface area (Å²) in [6.07, 6.45) is 0. The number of nitrogens with zero attached hydrogens (tertiary/aromatic N) is 3. The molecule has 1 unspecified atom stereocenters. The summed E-state index contributed by atoms with van der Waals surface area (Å²) < 4.78 is 23.1. The molecular formula is C24H29Cl2N3O6. The molecule has 0 aromatic heterocycles. The number of Topliss-reactive ketones (excluding diaryl/α,β-unsaturated/α-hetero) is 1. The number of benzene rings is 2. The van der Waals surface area contributed by atoms with Gasteiger partial charge in [-0.05, 0) is 58.9 Å². The van der Waals surface area contributed by atoms with Crippen LogP contribution < -0.4 is 23.4 Å². The van der Waals surface area contributed by atoms with Crippen LogP contribution in [0.5, 0.6) is 23.0 Å². The Morgan fingerprint density at radius 2 is 1.46 bits per heavy atom. The Hall–Kier alpha value is -3.04. The summed E-state index contributed by atoms with van der Waals surface area (Å²) in [6, 6.07) is 6.59. The number of ketones is 1. The summed E-state index contributed by atoms with van der Waals surface area (Å²) in [5, 5.41) is 8.15. The van der Waals surface area contributed by atoms with Crippen molar-refractivity contribution >= 4 is 46.4 Å². The van der Waals surface area contributed by atoms with Crippen LogP contribution in [-0.2, 0) is 9.59 Å². The molecule has 1 atom stereocenters. The van der Waals surface area contributed by atoms with E-state index in [1.54, 1.807) is 44.2 Å². The second-order valence-corrected chi connectivity index (χ2v) is 7.63. The zero-order chi connectivity index (χ0) is 26.0. The molecule has 0 heterocycles. The molecule has 35 heavy (non-hydrogen) atoms. The molecule has 9 nitrogen and oxygen atoms in total. The highest BCUT2D eigenvalue weighted by atomic mass is 35.5. The van der Waals surface area contributed by atoms with Crippen molar-refractivity contribution in [2.45, 2.75) is 40.7 Å². The highest BCUT2D eigenvalue weighted by Gasteiger charge is 2.31. The van der Waals surface area contributed by atoms with Crippen molar-refractivity contribution in [3.05, 3.63) is 35.4 Å². The average molecular weight is 526 g/mol. The standard InChI is InChI=1S/C24H29Cl2N3O6/c1-6-32-18-12-10-11-17(22(18)34-8-3)29(26)24(31)21(15(5)30)28-27-16-13-14-19(33-7-2)23(20(16)25)35-9-4/h10-14,21H,6-9H2,1-5H3. The van der Waals surface area contributed by atoms with Gasteiger partial charge in [-0.15, -0.1) is 0 Å². The first kappa shape index (κ1) is 28.2. The Bertz CT molecular complexity index is 1060. The smallest absolute Gasteiger partial charge is 0.276 e. The lowest BCUT2D eigenvalue weighted by Crippen LogP contribution is -2.36. The normalized spacial score (nSPS) is 11.7. The molecule has 0 radical (unpaired) electrons. The lowest BCUT2D eigenvalue weighted by Gasteiger charge is -2.21. The molecule has 190 valence electrons. The van der Waals surface area contributed by atoms with E-state index in [0.29, 0.717) is 43.7 Å². The number of hydrogen-bond donors (Lipinski definition) is 0. The maximum Gasteiger partial charge on any atom is 0.276 e. The van der Waals surface area contributed by atoms with Gasteiger partial charge in [0.25, 0.3) is 5.91 Å². The van der Waals surface area contributed by atoms with Gasteiger partial charge in [0.15, 0.2) is 28.8 Å². The molecule has 0 aliphatic carbocycles. The number of para-hydroxylation sites is 1. The van der Waals surface area contributed by atoms with Gasteiger partial charge in [0.1, 0.15) is 16.4 Å². The fourth-order valence-corrected chi connectivity index (χ4v) is 3.50. The van der Waals surface area contributed by atoms with Crippen LogP contribution in [0.15, 0.2) is 40.6 Å². The molecule has 0 spiro atoms. The average Bonchev–Trinajstić information content (AvgIpc) is 2.83. The maximum absolute atomic E-state index is 13.2. The van der Waals surface area contributed by atoms with Gasteiger partial charge in [-0.2, -0.15) is 10.2 Å². The number of anilines is 1. The van der Waals surface area contributed by atoms with Crippen LogP contribution in [0.25, 0.3) is 0 Å². The minimum absolute atomic E-state index is 0.141. The molecule has 0 aliphatic rings. The molecule has 1 amide bonds. The Morgan fingerprint density at radius 3 is 2.03 bits per heavy atom. The minimum Gasteiger partial charge on any atom is -0.490 e. The molecule has 2 rings (SSSR count). The summed E-state index contributed by atoms with van der Waals surface area (Å²) in [5.74, 6) is 0.0552. The highest BCUT2D eigenvalue weighted by molar-refractivity contribution is 6.39. The van der Waals surface area contributed by atoms with Gasteiger partial charge in [-0.25, -0.2) is 4.42 Å². The zero-order valence-electron chi connectivity index (χ0n) is 20.3. The molecule has 0 saturated carbocycles. The minimum atomic E-state index is -1.52. The lowest BCUT2D eigenvalue weighted by atomic mass is 10.2. The molecule has 0 fully saturated rings. The van der Waals surface area contributed by atoms with E-state index in [4.69, 9.17) is 42.3 Å². The fourth-order valence-electron chi connectivity index (χ4n) is 3.02. The quantitative estimate of drug-likeness (QED) is 0.176. The van der Waals surface area contributed by atoms with E-state index >= 15 is 0 Å². The molecule has 2 aromatic rings. The van der Waals surface area contributed by atoms with Gasteiger partial charge in [0, 0.05) is 11.8 Å². The van der Waals surface area contributed by atoms with Crippen molar-refractivity contribution in [3.63, 3.8) is 0 Å². The third-order valence-corrected chi connectivity index (χ3v) is 5.19. The van der Waals surface area contributed by atoms with Crippen LogP contribution in [0.3, 0.4) is 0 Å². The summed E-state index contributed by atoms with van der Waals surface area (Å²) >= 11 is 12.8. The Morgan fingerprint density at radius 1 is 0.886 bits per heavy atom. The topological polar surface area (TPSA) is 99.0 Å². The third kappa shape index (κ3) is 6.99. The second-order valence-electron chi connectivity index (χ2n) is 6.91. The van der Waals surface area contributed by atoms with E-state index < -0.39 is 17.7 Å². The number of ether oxygens (including phenoxy) is 4. The Balaban J connectivity index is 2.41.